The molecule has 0 amide bonds. The lowest BCUT2D eigenvalue weighted by Gasteiger charge is -2.24. The minimum Gasteiger partial charge on any atom is -0.254 e. The van der Waals surface area contributed by atoms with Crippen LogP contribution < -0.4 is 5.43 Å². The summed E-state index contributed by atoms with van der Waals surface area (Å²) in [7, 11) is 2.09. The average Bonchev–Trinajstić information content (AvgIpc) is 2.61. The summed E-state index contributed by atoms with van der Waals surface area (Å²) in [4.78, 5) is 0. The van der Waals surface area contributed by atoms with E-state index in [1.807, 2.05) is 0 Å². The smallest absolute Gasteiger partial charge is 0.0525 e. The zero-order valence-corrected chi connectivity index (χ0v) is 9.40. The van der Waals surface area contributed by atoms with E-state index in [9.17, 15) is 0 Å². The zero-order chi connectivity index (χ0) is 10.8. The fraction of sp³-hybridized carbons (Fsp3) is 0.385. The largest absolute Gasteiger partial charge is 0.254 e. The Morgan fingerprint density at radius 3 is 2.67 bits per heavy atom. The van der Waals surface area contributed by atoms with Crippen molar-refractivity contribution in [3.05, 3.63) is 48.0 Å². The second-order valence-electron chi connectivity index (χ2n) is 4.28. The number of hydrazine groups is 1. The Balaban J connectivity index is 2.26. The van der Waals surface area contributed by atoms with Gasteiger partial charge in [0.15, 0.2) is 0 Å². The van der Waals surface area contributed by atoms with Crippen LogP contribution in [0.5, 0.6) is 0 Å². The van der Waals surface area contributed by atoms with Crippen molar-refractivity contribution in [2.75, 3.05) is 13.6 Å². The standard InChI is InChI=1S/C13H18N2/c1-10(2)13-12(9-14-15(13)3)11-7-5-4-6-8-11/h4-8,12-14H,1,9H2,2-3H3. The summed E-state index contributed by atoms with van der Waals surface area (Å²) in [6, 6.07) is 11.1. The Kier molecular flexibility index (Phi) is 2.89. The van der Waals surface area contributed by atoms with Gasteiger partial charge in [0.1, 0.15) is 0 Å². The maximum absolute atomic E-state index is 4.08. The molecule has 2 atom stereocenters. The summed E-state index contributed by atoms with van der Waals surface area (Å²) in [5, 5.41) is 2.17. The molecule has 1 N–H and O–H groups in total. The van der Waals surface area contributed by atoms with Crippen LogP contribution in [0.4, 0.5) is 0 Å². The molecule has 1 aliphatic heterocycles. The molecule has 0 radical (unpaired) electrons. The van der Waals surface area contributed by atoms with Gasteiger partial charge in [-0.15, -0.1) is 0 Å². The predicted molar refractivity (Wildman–Crippen MR) is 63.6 cm³/mol. The Labute approximate surface area is 91.6 Å². The minimum atomic E-state index is 0.410. The number of rotatable bonds is 2. The van der Waals surface area contributed by atoms with Crippen LogP contribution in [0.3, 0.4) is 0 Å². The summed E-state index contributed by atoms with van der Waals surface area (Å²) in [5.74, 6) is 0.522. The summed E-state index contributed by atoms with van der Waals surface area (Å²) in [6.07, 6.45) is 0. The summed E-state index contributed by atoms with van der Waals surface area (Å²) in [5.41, 5.74) is 5.98. The third-order valence-corrected chi connectivity index (χ3v) is 3.09. The molecule has 0 saturated carbocycles. The molecule has 0 aromatic heterocycles. The van der Waals surface area contributed by atoms with E-state index in [0.29, 0.717) is 12.0 Å². The van der Waals surface area contributed by atoms with E-state index in [2.05, 4.69) is 61.3 Å². The van der Waals surface area contributed by atoms with Crippen molar-refractivity contribution in [1.82, 2.24) is 10.4 Å². The van der Waals surface area contributed by atoms with Crippen LogP contribution in [-0.4, -0.2) is 24.6 Å². The van der Waals surface area contributed by atoms with Crippen LogP contribution in [0.15, 0.2) is 42.5 Å². The average molecular weight is 202 g/mol. The predicted octanol–water partition coefficient (Wildman–Crippen LogP) is 2.16. The van der Waals surface area contributed by atoms with Gasteiger partial charge in [-0.1, -0.05) is 42.5 Å². The molecular formula is C13H18N2. The Hall–Kier alpha value is -1.12. The highest BCUT2D eigenvalue weighted by atomic mass is 15.5. The molecule has 1 aromatic carbocycles. The van der Waals surface area contributed by atoms with E-state index >= 15 is 0 Å². The van der Waals surface area contributed by atoms with Crippen LogP contribution in [-0.2, 0) is 0 Å². The molecule has 2 heteroatoms. The maximum atomic E-state index is 4.08. The summed E-state index contributed by atoms with van der Waals surface area (Å²) >= 11 is 0. The third-order valence-electron chi connectivity index (χ3n) is 3.09. The Morgan fingerprint density at radius 2 is 2.07 bits per heavy atom. The highest BCUT2D eigenvalue weighted by Crippen LogP contribution is 2.29. The van der Waals surface area contributed by atoms with Gasteiger partial charge < -0.3 is 0 Å². The fourth-order valence-corrected chi connectivity index (χ4v) is 2.40. The lowest BCUT2D eigenvalue weighted by atomic mass is 9.89. The normalized spacial score (nSPS) is 26.8. The zero-order valence-electron chi connectivity index (χ0n) is 9.40. The summed E-state index contributed by atoms with van der Waals surface area (Å²) < 4.78 is 0. The van der Waals surface area contributed by atoms with Crippen LogP contribution in [0.2, 0.25) is 0 Å². The number of benzene rings is 1. The molecule has 0 spiro atoms. The van der Waals surface area contributed by atoms with E-state index in [0.717, 1.165) is 6.54 Å². The first-order valence-corrected chi connectivity index (χ1v) is 5.37. The second-order valence-corrected chi connectivity index (χ2v) is 4.28. The molecule has 2 nitrogen and oxygen atoms in total. The first kappa shape index (κ1) is 10.4. The number of nitrogens with zero attached hydrogens (tertiary/aromatic N) is 1. The lowest BCUT2D eigenvalue weighted by Crippen LogP contribution is -2.34. The third kappa shape index (κ3) is 1.96. The van der Waals surface area contributed by atoms with E-state index in [4.69, 9.17) is 0 Å². The van der Waals surface area contributed by atoms with Gasteiger partial charge in [-0.2, -0.15) is 0 Å². The molecule has 2 rings (SSSR count). The van der Waals surface area contributed by atoms with Crippen LogP contribution >= 0.6 is 0 Å². The van der Waals surface area contributed by atoms with Crippen molar-refractivity contribution in [2.24, 2.45) is 0 Å². The Bertz CT molecular complexity index is 345. The molecule has 1 saturated heterocycles. The monoisotopic (exact) mass is 202 g/mol. The summed E-state index contributed by atoms with van der Waals surface area (Å²) in [6.45, 7) is 7.18. The first-order valence-electron chi connectivity index (χ1n) is 5.37. The molecule has 15 heavy (non-hydrogen) atoms. The van der Waals surface area contributed by atoms with Crippen LogP contribution in [0.1, 0.15) is 18.4 Å². The quantitative estimate of drug-likeness (QED) is 0.739. The molecule has 2 unspecified atom stereocenters. The van der Waals surface area contributed by atoms with Crippen molar-refractivity contribution >= 4 is 0 Å². The van der Waals surface area contributed by atoms with Gasteiger partial charge in [0.2, 0.25) is 0 Å². The van der Waals surface area contributed by atoms with Crippen molar-refractivity contribution in [2.45, 2.75) is 18.9 Å². The molecule has 0 bridgehead atoms. The highest BCUT2D eigenvalue weighted by Gasteiger charge is 2.32. The van der Waals surface area contributed by atoms with E-state index in [1.54, 1.807) is 0 Å². The molecule has 0 aliphatic carbocycles. The second kappa shape index (κ2) is 4.17. The minimum absolute atomic E-state index is 0.410. The van der Waals surface area contributed by atoms with Crippen LogP contribution in [0, 0.1) is 0 Å². The van der Waals surface area contributed by atoms with Gasteiger partial charge in [0.05, 0.1) is 6.04 Å². The molecule has 1 aromatic rings. The molecule has 1 aliphatic rings. The first-order chi connectivity index (χ1) is 7.20. The fourth-order valence-electron chi connectivity index (χ4n) is 2.40. The van der Waals surface area contributed by atoms with Gasteiger partial charge in [-0.05, 0) is 12.5 Å². The van der Waals surface area contributed by atoms with Gasteiger partial charge in [-0.25, -0.2) is 5.01 Å². The molecule has 1 fully saturated rings. The SMILES string of the molecule is C=C(C)C1C(c2ccccc2)CNN1C. The van der Waals surface area contributed by atoms with Gasteiger partial charge in [0, 0.05) is 19.5 Å². The van der Waals surface area contributed by atoms with E-state index in [-0.39, 0.29) is 0 Å². The lowest BCUT2D eigenvalue weighted by molar-refractivity contribution is 0.257. The van der Waals surface area contributed by atoms with E-state index < -0.39 is 0 Å². The topological polar surface area (TPSA) is 15.3 Å². The number of hydrogen-bond donors (Lipinski definition) is 1. The number of nitrogens with one attached hydrogen (secondary N) is 1. The molecule has 1 heterocycles. The maximum Gasteiger partial charge on any atom is 0.0525 e. The van der Waals surface area contributed by atoms with Crippen LogP contribution in [0.25, 0.3) is 0 Å². The Morgan fingerprint density at radius 1 is 1.40 bits per heavy atom. The van der Waals surface area contributed by atoms with Crippen molar-refractivity contribution in [3.63, 3.8) is 0 Å². The molecular weight excluding hydrogens is 184 g/mol. The van der Waals surface area contributed by atoms with E-state index in [1.165, 1.54) is 11.1 Å². The van der Waals surface area contributed by atoms with Gasteiger partial charge >= 0.3 is 0 Å². The highest BCUT2D eigenvalue weighted by molar-refractivity contribution is 5.27. The number of likely N-dealkylation sites (N-methyl/N-ethyl adjacent to an activating group) is 1. The van der Waals surface area contributed by atoms with Crippen molar-refractivity contribution in [3.8, 4) is 0 Å². The van der Waals surface area contributed by atoms with Crippen molar-refractivity contribution < 1.29 is 0 Å². The van der Waals surface area contributed by atoms with Gasteiger partial charge in [-0.3, -0.25) is 5.43 Å². The van der Waals surface area contributed by atoms with Crippen molar-refractivity contribution in [1.29, 1.82) is 0 Å². The van der Waals surface area contributed by atoms with Gasteiger partial charge in [0.25, 0.3) is 0 Å². The number of hydrogen-bond acceptors (Lipinski definition) is 2. The molecule has 80 valence electrons.